The lowest BCUT2D eigenvalue weighted by Gasteiger charge is -2.43. The molecule has 4 rings (SSSR count). The SMILES string of the molecule is CC1CC(C)(C)CC2(C1)NC(=O)N(CC(=O)NCC(C)(C)c1ccc3c(c1)OCCO3)C2=O. The number of hydrogen-bond acceptors (Lipinski definition) is 5. The van der Waals surface area contributed by atoms with Gasteiger partial charge in [0, 0.05) is 12.0 Å². The van der Waals surface area contributed by atoms with Gasteiger partial charge >= 0.3 is 6.03 Å². The minimum Gasteiger partial charge on any atom is -0.486 e. The lowest BCUT2D eigenvalue weighted by molar-refractivity contribution is -0.137. The number of nitrogens with one attached hydrogen (secondary N) is 2. The van der Waals surface area contributed by atoms with Crippen LogP contribution in [0, 0.1) is 11.3 Å². The summed E-state index contributed by atoms with van der Waals surface area (Å²) in [5, 5.41) is 5.82. The maximum absolute atomic E-state index is 13.3. The molecule has 3 aliphatic rings. The highest BCUT2D eigenvalue weighted by Gasteiger charge is 2.56. The molecule has 2 unspecified atom stereocenters. The number of ether oxygens (including phenoxy) is 2. The molecule has 0 bridgehead atoms. The summed E-state index contributed by atoms with van der Waals surface area (Å²) in [6.07, 6.45) is 2.20. The molecule has 1 saturated heterocycles. The number of fused-ring (bicyclic) bond motifs is 1. The Kier molecular flexibility index (Phi) is 5.83. The van der Waals surface area contributed by atoms with Crippen molar-refractivity contribution < 1.29 is 23.9 Å². The Morgan fingerprint density at radius 1 is 1.18 bits per heavy atom. The predicted octanol–water partition coefficient (Wildman–Crippen LogP) is 2.99. The van der Waals surface area contributed by atoms with E-state index in [1.165, 1.54) is 0 Å². The van der Waals surface area contributed by atoms with Crippen LogP contribution in [0.4, 0.5) is 4.79 Å². The first-order valence-electron chi connectivity index (χ1n) is 11.7. The van der Waals surface area contributed by atoms with Gasteiger partial charge in [0.2, 0.25) is 5.91 Å². The molecule has 2 fully saturated rings. The van der Waals surface area contributed by atoms with Crippen LogP contribution in [0.15, 0.2) is 18.2 Å². The maximum Gasteiger partial charge on any atom is 0.325 e. The fraction of sp³-hybridized carbons (Fsp3) is 0.640. The van der Waals surface area contributed by atoms with Crippen molar-refractivity contribution in [3.05, 3.63) is 23.8 Å². The predicted molar refractivity (Wildman–Crippen MR) is 123 cm³/mol. The number of carbonyl (C=O) groups excluding carboxylic acids is 3. The molecule has 2 aliphatic heterocycles. The van der Waals surface area contributed by atoms with Crippen LogP contribution in [0.3, 0.4) is 0 Å². The molecule has 0 radical (unpaired) electrons. The van der Waals surface area contributed by atoms with Gasteiger partial charge in [0.05, 0.1) is 0 Å². The second-order valence-corrected chi connectivity index (χ2v) is 11.3. The second-order valence-electron chi connectivity index (χ2n) is 11.3. The molecule has 1 spiro atoms. The molecule has 2 heterocycles. The Balaban J connectivity index is 1.38. The molecule has 8 nitrogen and oxygen atoms in total. The molecular formula is C25H35N3O5. The van der Waals surface area contributed by atoms with E-state index in [4.69, 9.17) is 9.47 Å². The molecule has 1 aromatic rings. The minimum absolute atomic E-state index is 0.0491. The van der Waals surface area contributed by atoms with Gasteiger partial charge in [-0.25, -0.2) is 4.79 Å². The van der Waals surface area contributed by atoms with E-state index < -0.39 is 11.6 Å². The average molecular weight is 458 g/mol. The molecule has 1 saturated carbocycles. The van der Waals surface area contributed by atoms with E-state index >= 15 is 0 Å². The number of benzene rings is 1. The zero-order valence-corrected chi connectivity index (χ0v) is 20.2. The molecule has 1 aromatic carbocycles. The van der Waals surface area contributed by atoms with Crippen molar-refractivity contribution in [1.29, 1.82) is 0 Å². The normalized spacial score (nSPS) is 26.3. The van der Waals surface area contributed by atoms with Crippen molar-refractivity contribution in [3.63, 3.8) is 0 Å². The van der Waals surface area contributed by atoms with E-state index in [0.29, 0.717) is 44.3 Å². The van der Waals surface area contributed by atoms with Crippen molar-refractivity contribution >= 4 is 17.8 Å². The molecule has 4 amide bonds. The van der Waals surface area contributed by atoms with Crippen molar-refractivity contribution in [2.75, 3.05) is 26.3 Å². The summed E-state index contributed by atoms with van der Waals surface area (Å²) in [6.45, 7) is 11.5. The monoisotopic (exact) mass is 457 g/mol. The van der Waals surface area contributed by atoms with Crippen molar-refractivity contribution in [2.24, 2.45) is 11.3 Å². The van der Waals surface area contributed by atoms with Crippen LogP contribution in [0.5, 0.6) is 11.5 Å². The second kappa shape index (κ2) is 8.22. The van der Waals surface area contributed by atoms with Crippen LogP contribution in [0.2, 0.25) is 0 Å². The summed E-state index contributed by atoms with van der Waals surface area (Å²) >= 11 is 0. The largest absolute Gasteiger partial charge is 0.486 e. The molecule has 0 aromatic heterocycles. The van der Waals surface area contributed by atoms with Crippen LogP contribution in [-0.4, -0.2) is 54.6 Å². The zero-order valence-electron chi connectivity index (χ0n) is 20.2. The van der Waals surface area contributed by atoms with Crippen LogP contribution in [-0.2, 0) is 15.0 Å². The van der Waals surface area contributed by atoms with Crippen LogP contribution in [0.25, 0.3) is 0 Å². The molecule has 180 valence electrons. The molecule has 2 atom stereocenters. The number of rotatable bonds is 5. The third kappa shape index (κ3) is 4.66. The fourth-order valence-corrected chi connectivity index (χ4v) is 5.74. The van der Waals surface area contributed by atoms with Crippen LogP contribution in [0.1, 0.15) is 59.4 Å². The highest BCUT2D eigenvalue weighted by atomic mass is 16.6. The van der Waals surface area contributed by atoms with Gasteiger partial charge in [-0.1, -0.05) is 40.7 Å². The van der Waals surface area contributed by atoms with Crippen LogP contribution >= 0.6 is 0 Å². The number of amides is 4. The molecule has 8 heteroatoms. The third-order valence-electron chi connectivity index (χ3n) is 6.98. The summed E-state index contributed by atoms with van der Waals surface area (Å²) in [5.74, 6) is 1.10. The Hall–Kier alpha value is -2.77. The minimum atomic E-state index is -0.900. The smallest absolute Gasteiger partial charge is 0.325 e. The topological polar surface area (TPSA) is 97.0 Å². The first-order chi connectivity index (χ1) is 15.4. The van der Waals surface area contributed by atoms with Gasteiger partial charge < -0.3 is 20.1 Å². The van der Waals surface area contributed by atoms with Gasteiger partial charge in [-0.05, 0) is 48.3 Å². The lowest BCUT2D eigenvalue weighted by Crippen LogP contribution is -2.54. The summed E-state index contributed by atoms with van der Waals surface area (Å²) in [4.78, 5) is 39.7. The Morgan fingerprint density at radius 3 is 2.58 bits per heavy atom. The van der Waals surface area contributed by atoms with Gasteiger partial charge in [0.15, 0.2) is 11.5 Å². The fourth-order valence-electron chi connectivity index (χ4n) is 5.74. The van der Waals surface area contributed by atoms with E-state index in [-0.39, 0.29) is 29.2 Å². The van der Waals surface area contributed by atoms with E-state index in [1.54, 1.807) is 0 Å². The molecular weight excluding hydrogens is 422 g/mol. The summed E-state index contributed by atoms with van der Waals surface area (Å²) in [7, 11) is 0. The van der Waals surface area contributed by atoms with Crippen molar-refractivity contribution in [3.8, 4) is 11.5 Å². The number of carbonyl (C=O) groups is 3. The quantitative estimate of drug-likeness (QED) is 0.663. The number of hydrogen-bond donors (Lipinski definition) is 2. The van der Waals surface area contributed by atoms with E-state index in [0.717, 1.165) is 22.6 Å². The first kappa shape index (κ1) is 23.4. The van der Waals surface area contributed by atoms with E-state index in [9.17, 15) is 14.4 Å². The van der Waals surface area contributed by atoms with Gasteiger partial charge in [0.1, 0.15) is 25.3 Å². The first-order valence-corrected chi connectivity index (χ1v) is 11.7. The Bertz CT molecular complexity index is 973. The number of nitrogens with zero attached hydrogens (tertiary/aromatic N) is 1. The van der Waals surface area contributed by atoms with E-state index in [1.807, 2.05) is 32.0 Å². The van der Waals surface area contributed by atoms with E-state index in [2.05, 4.69) is 31.4 Å². The number of imide groups is 1. The van der Waals surface area contributed by atoms with Crippen LogP contribution < -0.4 is 20.1 Å². The molecule has 2 N–H and O–H groups in total. The Morgan fingerprint density at radius 2 is 1.88 bits per heavy atom. The maximum atomic E-state index is 13.3. The van der Waals surface area contributed by atoms with Gasteiger partial charge in [0.25, 0.3) is 5.91 Å². The Labute approximate surface area is 195 Å². The highest BCUT2D eigenvalue weighted by Crippen LogP contribution is 2.46. The molecule has 33 heavy (non-hydrogen) atoms. The zero-order chi connectivity index (χ0) is 24.0. The average Bonchev–Trinajstić information content (AvgIpc) is 2.93. The summed E-state index contributed by atoms with van der Waals surface area (Å²) < 4.78 is 11.3. The lowest BCUT2D eigenvalue weighted by atomic mass is 9.64. The molecule has 1 aliphatic carbocycles. The summed E-state index contributed by atoms with van der Waals surface area (Å²) in [6, 6.07) is 5.30. The van der Waals surface area contributed by atoms with Gasteiger partial charge in [-0.3, -0.25) is 14.5 Å². The number of urea groups is 1. The van der Waals surface area contributed by atoms with Gasteiger partial charge in [-0.2, -0.15) is 0 Å². The van der Waals surface area contributed by atoms with Gasteiger partial charge in [-0.15, -0.1) is 0 Å². The summed E-state index contributed by atoms with van der Waals surface area (Å²) in [5.41, 5.74) is -0.332. The standard InChI is InChI=1S/C25H35N3O5/c1-16-11-23(2,3)14-25(12-16)21(30)28(22(31)27-25)13-20(29)26-15-24(4,5)17-6-7-18-19(10-17)33-9-8-32-18/h6-7,10,16H,8-9,11-15H2,1-5H3,(H,26,29)(H,27,31). The van der Waals surface area contributed by atoms with Crippen molar-refractivity contribution in [1.82, 2.24) is 15.5 Å². The third-order valence-corrected chi connectivity index (χ3v) is 6.98. The highest BCUT2D eigenvalue weighted by molar-refractivity contribution is 6.09. The van der Waals surface area contributed by atoms with Crippen molar-refractivity contribution in [2.45, 2.75) is 64.8 Å².